The van der Waals surface area contributed by atoms with Gasteiger partial charge in [0.1, 0.15) is 0 Å². The molecule has 1 unspecified atom stereocenters. The van der Waals surface area contributed by atoms with E-state index in [1.807, 2.05) is 37.3 Å². The molecule has 0 aromatic heterocycles. The van der Waals surface area contributed by atoms with Crippen LogP contribution >= 0.6 is 0 Å². The zero-order valence-electron chi connectivity index (χ0n) is 10.8. The van der Waals surface area contributed by atoms with E-state index in [4.69, 9.17) is 4.74 Å². The average Bonchev–Trinajstić information content (AvgIpc) is 2.39. The highest BCUT2D eigenvalue weighted by atomic mass is 16.5. The summed E-state index contributed by atoms with van der Waals surface area (Å²) in [5, 5.41) is 2.73. The number of carbonyl (C=O) groups excluding carboxylic acids is 2. The SMILES string of the molecule is CCOC(=O)CCNC(=O)C(C)c1ccccc1. The van der Waals surface area contributed by atoms with E-state index >= 15 is 0 Å². The Labute approximate surface area is 107 Å². The predicted molar refractivity (Wildman–Crippen MR) is 69.1 cm³/mol. The third kappa shape index (κ3) is 4.57. The lowest BCUT2D eigenvalue weighted by atomic mass is 10.0. The summed E-state index contributed by atoms with van der Waals surface area (Å²) in [5.74, 6) is -0.580. The second kappa shape index (κ2) is 7.48. The van der Waals surface area contributed by atoms with E-state index in [-0.39, 0.29) is 24.2 Å². The van der Waals surface area contributed by atoms with Crippen LogP contribution in [-0.4, -0.2) is 25.0 Å². The van der Waals surface area contributed by atoms with Crippen LogP contribution in [-0.2, 0) is 14.3 Å². The van der Waals surface area contributed by atoms with Gasteiger partial charge >= 0.3 is 5.97 Å². The Morgan fingerprint density at radius 1 is 1.28 bits per heavy atom. The standard InChI is InChI=1S/C14H19NO3/c1-3-18-13(16)9-10-15-14(17)11(2)12-7-5-4-6-8-12/h4-8,11H,3,9-10H2,1-2H3,(H,15,17). The van der Waals surface area contributed by atoms with E-state index in [2.05, 4.69) is 5.32 Å². The largest absolute Gasteiger partial charge is 0.466 e. The Morgan fingerprint density at radius 3 is 2.56 bits per heavy atom. The lowest BCUT2D eigenvalue weighted by Crippen LogP contribution is -2.30. The minimum atomic E-state index is -0.287. The first-order valence-electron chi connectivity index (χ1n) is 6.13. The summed E-state index contributed by atoms with van der Waals surface area (Å²) in [5.41, 5.74) is 0.964. The molecule has 1 amide bonds. The fourth-order valence-corrected chi connectivity index (χ4v) is 1.57. The number of rotatable bonds is 6. The van der Waals surface area contributed by atoms with Crippen molar-refractivity contribution in [2.75, 3.05) is 13.2 Å². The van der Waals surface area contributed by atoms with Gasteiger partial charge in [-0.25, -0.2) is 0 Å². The van der Waals surface area contributed by atoms with Gasteiger partial charge in [-0.05, 0) is 19.4 Å². The van der Waals surface area contributed by atoms with Crippen molar-refractivity contribution in [2.24, 2.45) is 0 Å². The molecule has 0 aliphatic heterocycles. The van der Waals surface area contributed by atoms with E-state index in [0.717, 1.165) is 5.56 Å². The number of esters is 1. The van der Waals surface area contributed by atoms with Gasteiger partial charge in [0.2, 0.25) is 5.91 Å². The lowest BCUT2D eigenvalue weighted by Gasteiger charge is -2.12. The molecule has 0 aliphatic carbocycles. The Morgan fingerprint density at radius 2 is 1.94 bits per heavy atom. The molecule has 1 aromatic carbocycles. The second-order valence-electron chi connectivity index (χ2n) is 3.98. The number of ether oxygens (including phenoxy) is 1. The zero-order chi connectivity index (χ0) is 13.4. The fourth-order valence-electron chi connectivity index (χ4n) is 1.57. The van der Waals surface area contributed by atoms with Crippen molar-refractivity contribution in [3.8, 4) is 0 Å². The smallest absolute Gasteiger partial charge is 0.307 e. The summed E-state index contributed by atoms with van der Waals surface area (Å²) in [4.78, 5) is 22.9. The van der Waals surface area contributed by atoms with Crippen molar-refractivity contribution in [2.45, 2.75) is 26.2 Å². The van der Waals surface area contributed by atoms with Gasteiger partial charge in [-0.1, -0.05) is 30.3 Å². The van der Waals surface area contributed by atoms with E-state index < -0.39 is 0 Å². The third-order valence-electron chi connectivity index (χ3n) is 2.63. The molecule has 1 atom stereocenters. The van der Waals surface area contributed by atoms with Crippen LogP contribution in [0.3, 0.4) is 0 Å². The Balaban J connectivity index is 2.35. The molecule has 98 valence electrons. The van der Waals surface area contributed by atoms with Gasteiger partial charge in [-0.2, -0.15) is 0 Å². The number of nitrogens with one attached hydrogen (secondary N) is 1. The lowest BCUT2D eigenvalue weighted by molar-refractivity contribution is -0.143. The fraction of sp³-hybridized carbons (Fsp3) is 0.429. The van der Waals surface area contributed by atoms with Crippen LogP contribution in [0.4, 0.5) is 0 Å². The first-order chi connectivity index (χ1) is 8.65. The van der Waals surface area contributed by atoms with Gasteiger partial charge in [0.25, 0.3) is 0 Å². The van der Waals surface area contributed by atoms with E-state index in [9.17, 15) is 9.59 Å². The molecule has 0 saturated carbocycles. The first kappa shape index (κ1) is 14.2. The Kier molecular flexibility index (Phi) is 5.91. The van der Waals surface area contributed by atoms with Crippen LogP contribution in [0.2, 0.25) is 0 Å². The van der Waals surface area contributed by atoms with E-state index in [1.54, 1.807) is 6.92 Å². The minimum Gasteiger partial charge on any atom is -0.466 e. The van der Waals surface area contributed by atoms with Gasteiger partial charge in [0.15, 0.2) is 0 Å². The van der Waals surface area contributed by atoms with Crippen molar-refractivity contribution >= 4 is 11.9 Å². The summed E-state index contributed by atoms with van der Waals surface area (Å²) < 4.78 is 4.78. The van der Waals surface area contributed by atoms with Crippen LogP contribution in [0.25, 0.3) is 0 Å². The summed E-state index contributed by atoms with van der Waals surface area (Å²) in [7, 11) is 0. The van der Waals surface area contributed by atoms with Gasteiger partial charge in [0.05, 0.1) is 18.9 Å². The van der Waals surface area contributed by atoms with Crippen molar-refractivity contribution in [3.63, 3.8) is 0 Å². The zero-order valence-corrected chi connectivity index (χ0v) is 10.8. The Bertz CT molecular complexity index is 389. The molecule has 0 heterocycles. The molecule has 4 heteroatoms. The summed E-state index contributed by atoms with van der Waals surface area (Å²) in [6.07, 6.45) is 0.209. The molecule has 0 saturated heterocycles. The maximum Gasteiger partial charge on any atom is 0.307 e. The molecular weight excluding hydrogens is 230 g/mol. The van der Waals surface area contributed by atoms with Crippen LogP contribution in [0.5, 0.6) is 0 Å². The molecule has 0 spiro atoms. The van der Waals surface area contributed by atoms with Crippen molar-refractivity contribution in [3.05, 3.63) is 35.9 Å². The molecule has 1 N–H and O–H groups in total. The number of carbonyl (C=O) groups is 2. The number of hydrogen-bond donors (Lipinski definition) is 1. The van der Waals surface area contributed by atoms with Gasteiger partial charge < -0.3 is 10.1 Å². The molecule has 0 aliphatic rings. The molecule has 18 heavy (non-hydrogen) atoms. The highest BCUT2D eigenvalue weighted by Gasteiger charge is 2.14. The van der Waals surface area contributed by atoms with Crippen LogP contribution in [0.15, 0.2) is 30.3 Å². The van der Waals surface area contributed by atoms with Crippen LogP contribution in [0, 0.1) is 0 Å². The van der Waals surface area contributed by atoms with E-state index in [0.29, 0.717) is 13.2 Å². The maximum atomic E-state index is 11.8. The minimum absolute atomic E-state index is 0.0782. The molecule has 0 radical (unpaired) electrons. The van der Waals surface area contributed by atoms with Gasteiger partial charge in [-0.15, -0.1) is 0 Å². The highest BCUT2D eigenvalue weighted by molar-refractivity contribution is 5.83. The molecule has 0 fully saturated rings. The normalized spacial score (nSPS) is 11.7. The molecular formula is C14H19NO3. The maximum absolute atomic E-state index is 11.8. The number of amides is 1. The van der Waals surface area contributed by atoms with Crippen molar-refractivity contribution in [1.82, 2.24) is 5.32 Å². The number of benzene rings is 1. The summed E-state index contributed by atoms with van der Waals surface area (Å²) >= 11 is 0. The predicted octanol–water partition coefficient (Wildman–Crippen LogP) is 1.86. The van der Waals surface area contributed by atoms with Gasteiger partial charge in [0, 0.05) is 6.54 Å². The number of hydrogen-bond acceptors (Lipinski definition) is 3. The third-order valence-corrected chi connectivity index (χ3v) is 2.63. The van der Waals surface area contributed by atoms with Gasteiger partial charge in [-0.3, -0.25) is 9.59 Å². The first-order valence-corrected chi connectivity index (χ1v) is 6.13. The quantitative estimate of drug-likeness (QED) is 0.783. The van der Waals surface area contributed by atoms with Crippen molar-refractivity contribution < 1.29 is 14.3 Å². The molecule has 1 aromatic rings. The van der Waals surface area contributed by atoms with Crippen LogP contribution < -0.4 is 5.32 Å². The Hall–Kier alpha value is -1.84. The monoisotopic (exact) mass is 249 g/mol. The molecule has 0 bridgehead atoms. The summed E-state index contributed by atoms with van der Waals surface area (Å²) in [6.45, 7) is 4.28. The van der Waals surface area contributed by atoms with Crippen molar-refractivity contribution in [1.29, 1.82) is 0 Å². The molecule has 1 rings (SSSR count). The molecule has 4 nitrogen and oxygen atoms in total. The second-order valence-corrected chi connectivity index (χ2v) is 3.98. The average molecular weight is 249 g/mol. The van der Waals surface area contributed by atoms with E-state index in [1.165, 1.54) is 0 Å². The van der Waals surface area contributed by atoms with Crippen LogP contribution in [0.1, 0.15) is 31.7 Å². The highest BCUT2D eigenvalue weighted by Crippen LogP contribution is 2.14. The summed E-state index contributed by atoms with van der Waals surface area (Å²) in [6, 6.07) is 9.54. The topological polar surface area (TPSA) is 55.4 Å².